The summed E-state index contributed by atoms with van der Waals surface area (Å²) in [4.78, 5) is 39.3. The minimum atomic E-state index is -1.29. The van der Waals surface area contributed by atoms with Crippen molar-refractivity contribution in [3.05, 3.63) is 0 Å². The number of hydrogen-bond donors (Lipinski definition) is 7. The molecule has 0 amide bonds. The molecule has 1 rings (SSSR count). The van der Waals surface area contributed by atoms with Crippen LogP contribution in [0.2, 0.25) is 0 Å². The van der Waals surface area contributed by atoms with Crippen molar-refractivity contribution in [2.75, 3.05) is 6.54 Å². The Hall–Kier alpha value is -2.24. The molecule has 1 heterocycles. The van der Waals surface area contributed by atoms with E-state index in [0.29, 0.717) is 0 Å². The second-order valence-corrected chi connectivity index (χ2v) is 4.66. The minimum Gasteiger partial charge on any atom is -0.481 e. The fourth-order valence-electron chi connectivity index (χ4n) is 1.17. The van der Waals surface area contributed by atoms with Gasteiger partial charge in [-0.05, 0) is 26.3 Å². The Bertz CT molecular complexity index is 407. The number of aliphatic carboxylic acids is 4. The van der Waals surface area contributed by atoms with E-state index >= 15 is 0 Å². The maximum Gasteiger partial charge on any atom is 0.321 e. The zero-order valence-corrected chi connectivity index (χ0v) is 12.6. The van der Waals surface area contributed by atoms with E-state index in [-0.39, 0.29) is 6.04 Å². The van der Waals surface area contributed by atoms with Gasteiger partial charge in [0.05, 0.1) is 6.42 Å². The van der Waals surface area contributed by atoms with Crippen LogP contribution in [0.1, 0.15) is 26.2 Å². The van der Waals surface area contributed by atoms with Crippen molar-refractivity contribution in [3.8, 4) is 0 Å². The molecule has 11 nitrogen and oxygen atoms in total. The Morgan fingerprint density at radius 1 is 1.09 bits per heavy atom. The van der Waals surface area contributed by atoms with Gasteiger partial charge in [-0.15, -0.1) is 0 Å². The molecule has 0 bridgehead atoms. The predicted octanol–water partition coefficient (Wildman–Crippen LogP) is -1.89. The Kier molecular flexibility index (Phi) is 12.3. The molecule has 1 saturated heterocycles. The van der Waals surface area contributed by atoms with Gasteiger partial charge in [-0.25, -0.2) is 0 Å². The molecular formula is C12H23N3O8. The van der Waals surface area contributed by atoms with E-state index in [1.807, 2.05) is 0 Å². The highest BCUT2D eigenvalue weighted by molar-refractivity contribution is 5.80. The summed E-state index contributed by atoms with van der Waals surface area (Å²) in [5.74, 6) is -4.18. The highest BCUT2D eigenvalue weighted by Gasteiger charge is 2.20. The molecule has 0 saturated carbocycles. The monoisotopic (exact) mass is 337 g/mol. The number of carboxylic acids is 4. The lowest BCUT2D eigenvalue weighted by Gasteiger charge is -1.99. The first-order valence-electron chi connectivity index (χ1n) is 6.63. The van der Waals surface area contributed by atoms with Crippen LogP contribution in [0, 0.1) is 0 Å². The molecule has 134 valence electrons. The van der Waals surface area contributed by atoms with E-state index in [1.54, 1.807) is 0 Å². The van der Waals surface area contributed by atoms with Crippen LogP contribution in [0.3, 0.4) is 0 Å². The van der Waals surface area contributed by atoms with Crippen LogP contribution in [-0.4, -0.2) is 69.0 Å². The summed E-state index contributed by atoms with van der Waals surface area (Å²) in [5.41, 5.74) is 9.67. The van der Waals surface area contributed by atoms with Gasteiger partial charge >= 0.3 is 23.9 Å². The Labute approximate surface area is 132 Å². The molecular weight excluding hydrogens is 314 g/mol. The SMILES string of the molecule is CC(N)C(=O)O.NC(CC(=O)O)C(=O)O.O=C(O)[C@@H]1CCCN1. The van der Waals surface area contributed by atoms with Crippen molar-refractivity contribution in [3.63, 3.8) is 0 Å². The number of nitrogens with two attached hydrogens (primary N) is 2. The second-order valence-electron chi connectivity index (χ2n) is 4.66. The molecule has 0 spiro atoms. The molecule has 0 aromatic heterocycles. The molecule has 0 aromatic rings. The van der Waals surface area contributed by atoms with E-state index in [2.05, 4.69) is 5.32 Å². The molecule has 0 aliphatic carbocycles. The topological polar surface area (TPSA) is 213 Å². The van der Waals surface area contributed by atoms with Gasteiger partial charge < -0.3 is 37.2 Å². The summed E-state index contributed by atoms with van der Waals surface area (Å²) in [5, 5.41) is 35.1. The average molecular weight is 337 g/mol. The van der Waals surface area contributed by atoms with Crippen LogP contribution in [0.4, 0.5) is 0 Å². The third-order valence-electron chi connectivity index (χ3n) is 2.46. The standard InChI is InChI=1S/C5H9NO2.C4H7NO4.C3H7NO2/c7-5(8)4-2-1-3-6-4;5-2(4(8)9)1-3(6)7;1-2(4)3(5)6/h4,6H,1-3H2,(H,7,8);2H,1,5H2,(H,6,7)(H,8,9);2H,4H2,1H3,(H,5,6)/t4-;;/m0../s1. The molecule has 1 aliphatic heterocycles. The van der Waals surface area contributed by atoms with Crippen LogP contribution >= 0.6 is 0 Å². The fraction of sp³-hybridized carbons (Fsp3) is 0.667. The Morgan fingerprint density at radius 2 is 1.57 bits per heavy atom. The molecule has 9 N–H and O–H groups in total. The lowest BCUT2D eigenvalue weighted by molar-refractivity contribution is -0.144. The fourth-order valence-corrected chi connectivity index (χ4v) is 1.17. The average Bonchev–Trinajstić information content (AvgIpc) is 2.93. The van der Waals surface area contributed by atoms with Crippen molar-refractivity contribution in [1.29, 1.82) is 0 Å². The van der Waals surface area contributed by atoms with E-state index in [9.17, 15) is 19.2 Å². The van der Waals surface area contributed by atoms with Crippen LogP contribution in [0.15, 0.2) is 0 Å². The zero-order chi connectivity index (χ0) is 18.6. The van der Waals surface area contributed by atoms with Crippen LogP contribution < -0.4 is 16.8 Å². The van der Waals surface area contributed by atoms with Gasteiger partial charge in [0.1, 0.15) is 18.1 Å². The van der Waals surface area contributed by atoms with Gasteiger partial charge in [0.2, 0.25) is 0 Å². The van der Waals surface area contributed by atoms with Gasteiger partial charge in [0.15, 0.2) is 0 Å². The third-order valence-corrected chi connectivity index (χ3v) is 2.46. The highest BCUT2D eigenvalue weighted by Crippen LogP contribution is 2.03. The van der Waals surface area contributed by atoms with Crippen molar-refractivity contribution >= 4 is 23.9 Å². The van der Waals surface area contributed by atoms with Gasteiger partial charge in [0, 0.05) is 0 Å². The highest BCUT2D eigenvalue weighted by atomic mass is 16.4. The first kappa shape index (κ1) is 23.0. The number of rotatable bonds is 5. The summed E-state index contributed by atoms with van der Waals surface area (Å²) >= 11 is 0. The number of nitrogens with one attached hydrogen (secondary N) is 1. The minimum absolute atomic E-state index is 0.269. The largest absolute Gasteiger partial charge is 0.481 e. The maximum absolute atomic E-state index is 10.1. The summed E-state index contributed by atoms with van der Waals surface area (Å²) in [6, 6.07) is -2.29. The van der Waals surface area contributed by atoms with E-state index in [1.165, 1.54) is 6.92 Å². The second kappa shape index (κ2) is 12.3. The van der Waals surface area contributed by atoms with Crippen LogP contribution in [0.25, 0.3) is 0 Å². The van der Waals surface area contributed by atoms with Gasteiger partial charge in [-0.2, -0.15) is 0 Å². The molecule has 23 heavy (non-hydrogen) atoms. The Balaban J connectivity index is 0. The molecule has 0 radical (unpaired) electrons. The summed E-state index contributed by atoms with van der Waals surface area (Å²) in [7, 11) is 0. The first-order valence-corrected chi connectivity index (χ1v) is 6.63. The zero-order valence-electron chi connectivity index (χ0n) is 12.6. The molecule has 11 heteroatoms. The summed E-state index contributed by atoms with van der Waals surface area (Å²) < 4.78 is 0. The molecule has 1 aliphatic rings. The summed E-state index contributed by atoms with van der Waals surface area (Å²) in [6.45, 7) is 2.28. The van der Waals surface area contributed by atoms with E-state index < -0.39 is 42.4 Å². The maximum atomic E-state index is 10.1. The number of hydrogen-bond acceptors (Lipinski definition) is 7. The molecule has 0 aromatic carbocycles. The molecule has 3 atom stereocenters. The predicted molar refractivity (Wildman–Crippen MR) is 77.8 cm³/mol. The lowest BCUT2D eigenvalue weighted by atomic mass is 10.2. The van der Waals surface area contributed by atoms with Crippen LogP contribution in [-0.2, 0) is 19.2 Å². The number of carbonyl (C=O) groups is 4. The van der Waals surface area contributed by atoms with Crippen molar-refractivity contribution in [2.45, 2.75) is 44.3 Å². The number of carboxylic acid groups (broad SMARTS) is 4. The smallest absolute Gasteiger partial charge is 0.321 e. The quantitative estimate of drug-likeness (QED) is 0.294. The molecule has 1 fully saturated rings. The van der Waals surface area contributed by atoms with Gasteiger partial charge in [-0.3, -0.25) is 19.2 Å². The van der Waals surface area contributed by atoms with Gasteiger partial charge in [-0.1, -0.05) is 0 Å². The van der Waals surface area contributed by atoms with Crippen molar-refractivity contribution in [1.82, 2.24) is 5.32 Å². The van der Waals surface area contributed by atoms with Crippen LogP contribution in [0.5, 0.6) is 0 Å². The first-order chi connectivity index (χ1) is 10.5. The Morgan fingerprint density at radius 3 is 1.70 bits per heavy atom. The normalized spacial score (nSPS) is 18.3. The lowest BCUT2D eigenvalue weighted by Crippen LogP contribution is -2.32. The van der Waals surface area contributed by atoms with Gasteiger partial charge in [0.25, 0.3) is 0 Å². The molecule has 2 unspecified atom stereocenters. The van der Waals surface area contributed by atoms with Crippen molar-refractivity contribution < 1.29 is 39.6 Å². The van der Waals surface area contributed by atoms with Crippen molar-refractivity contribution in [2.24, 2.45) is 11.5 Å². The van der Waals surface area contributed by atoms with E-state index in [4.69, 9.17) is 31.9 Å². The summed E-state index contributed by atoms with van der Waals surface area (Å²) in [6.07, 6.45) is 1.25. The third kappa shape index (κ3) is 14.5. The van der Waals surface area contributed by atoms with E-state index in [0.717, 1.165) is 19.4 Å².